The van der Waals surface area contributed by atoms with Gasteiger partial charge in [0, 0.05) is 17.6 Å². The maximum atomic E-state index is 5.56. The minimum atomic E-state index is 0.686. The second kappa shape index (κ2) is 7.32. The van der Waals surface area contributed by atoms with Gasteiger partial charge in [-0.2, -0.15) is 5.10 Å². The molecule has 0 atom stereocenters. The van der Waals surface area contributed by atoms with E-state index in [4.69, 9.17) is 9.47 Å². The molecule has 3 heterocycles. The van der Waals surface area contributed by atoms with E-state index in [0.717, 1.165) is 39.1 Å². The van der Waals surface area contributed by atoms with E-state index in [1.165, 1.54) is 12.7 Å². The van der Waals surface area contributed by atoms with Crippen molar-refractivity contribution in [2.75, 3.05) is 19.5 Å². The van der Waals surface area contributed by atoms with Crippen molar-refractivity contribution in [2.45, 2.75) is 0 Å². The molecule has 0 spiro atoms. The topological polar surface area (TPSA) is 86.5 Å². The fourth-order valence-electron chi connectivity index (χ4n) is 3.37. The third kappa shape index (κ3) is 3.14. The summed E-state index contributed by atoms with van der Waals surface area (Å²) in [5, 5.41) is 8.43. The molecule has 5 rings (SSSR count). The second-order valence-corrected chi connectivity index (χ2v) is 6.62. The van der Waals surface area contributed by atoms with E-state index in [0.29, 0.717) is 11.6 Å². The van der Waals surface area contributed by atoms with Crippen molar-refractivity contribution in [1.29, 1.82) is 0 Å². The molecule has 3 aromatic heterocycles. The van der Waals surface area contributed by atoms with Gasteiger partial charge in [0.1, 0.15) is 30.0 Å². The molecule has 0 saturated heterocycles. The van der Waals surface area contributed by atoms with Crippen LogP contribution in [0.25, 0.3) is 27.7 Å². The Kier molecular flexibility index (Phi) is 4.36. The first-order valence-electron chi connectivity index (χ1n) is 9.29. The van der Waals surface area contributed by atoms with Gasteiger partial charge in [-0.25, -0.2) is 19.5 Å². The van der Waals surface area contributed by atoms with Crippen LogP contribution < -0.4 is 14.8 Å². The Bertz CT molecular complexity index is 1360. The minimum Gasteiger partial charge on any atom is -0.497 e. The monoisotopic (exact) mass is 398 g/mol. The fraction of sp³-hybridized carbons (Fsp3) is 0.0909. The molecular weight excluding hydrogens is 380 g/mol. The highest BCUT2D eigenvalue weighted by molar-refractivity contribution is 5.92. The van der Waals surface area contributed by atoms with Crippen LogP contribution in [0.2, 0.25) is 0 Å². The number of rotatable bonds is 5. The average Bonchev–Trinajstić information content (AvgIpc) is 3.27. The molecule has 2 aromatic carbocycles. The molecule has 1 N–H and O–H groups in total. The predicted molar refractivity (Wildman–Crippen MR) is 114 cm³/mol. The molecule has 8 heteroatoms. The number of aromatic nitrogens is 5. The predicted octanol–water partition coefficient (Wildman–Crippen LogP) is 4.10. The molecule has 148 valence electrons. The maximum absolute atomic E-state index is 5.56. The first kappa shape index (κ1) is 17.9. The standard InChI is InChI=1S/C22H18N6O2/c1-29-16-4-5-17-18(11-16)23-12-25-22(17)27-19-9-14(3-6-20(19)30-2)15-7-8-28-21(10-15)24-13-26-28/h3-13H,1-2H3,(H,23,25,27). The number of anilines is 2. The Morgan fingerprint density at radius 2 is 1.73 bits per heavy atom. The number of methoxy groups -OCH3 is 2. The van der Waals surface area contributed by atoms with E-state index in [2.05, 4.69) is 25.4 Å². The Hall–Kier alpha value is -4.20. The van der Waals surface area contributed by atoms with Crippen molar-refractivity contribution in [3.05, 3.63) is 67.4 Å². The molecule has 0 fully saturated rings. The molecule has 0 aliphatic carbocycles. The highest BCUT2D eigenvalue weighted by Crippen LogP contribution is 2.34. The lowest BCUT2D eigenvalue weighted by molar-refractivity contribution is 0.415. The third-order valence-corrected chi connectivity index (χ3v) is 4.91. The van der Waals surface area contributed by atoms with E-state index in [1.54, 1.807) is 18.7 Å². The number of hydrogen-bond donors (Lipinski definition) is 1. The molecule has 0 bridgehead atoms. The van der Waals surface area contributed by atoms with E-state index in [-0.39, 0.29) is 0 Å². The molecule has 8 nitrogen and oxygen atoms in total. The quantitative estimate of drug-likeness (QED) is 0.477. The molecule has 5 aromatic rings. The van der Waals surface area contributed by atoms with E-state index in [1.807, 2.05) is 54.7 Å². The van der Waals surface area contributed by atoms with Gasteiger partial charge in [-0.3, -0.25) is 0 Å². The Morgan fingerprint density at radius 1 is 0.833 bits per heavy atom. The maximum Gasteiger partial charge on any atom is 0.155 e. The van der Waals surface area contributed by atoms with Gasteiger partial charge in [-0.15, -0.1) is 0 Å². The summed E-state index contributed by atoms with van der Waals surface area (Å²) in [5.74, 6) is 2.14. The Labute approximate surface area is 172 Å². The van der Waals surface area contributed by atoms with Crippen molar-refractivity contribution in [3.63, 3.8) is 0 Å². The summed E-state index contributed by atoms with van der Waals surface area (Å²) in [6, 6.07) is 15.7. The third-order valence-electron chi connectivity index (χ3n) is 4.91. The molecule has 0 unspecified atom stereocenters. The smallest absolute Gasteiger partial charge is 0.155 e. The molecule has 30 heavy (non-hydrogen) atoms. The molecule has 0 radical (unpaired) electrons. The first-order valence-corrected chi connectivity index (χ1v) is 9.29. The van der Waals surface area contributed by atoms with E-state index in [9.17, 15) is 0 Å². The van der Waals surface area contributed by atoms with Crippen LogP contribution in [0.15, 0.2) is 67.4 Å². The van der Waals surface area contributed by atoms with Crippen LogP contribution in [0.4, 0.5) is 11.5 Å². The van der Waals surface area contributed by atoms with Crippen LogP contribution in [0, 0.1) is 0 Å². The van der Waals surface area contributed by atoms with Gasteiger partial charge in [0.25, 0.3) is 0 Å². The fourth-order valence-corrected chi connectivity index (χ4v) is 3.37. The van der Waals surface area contributed by atoms with Crippen molar-refractivity contribution < 1.29 is 9.47 Å². The number of ether oxygens (including phenoxy) is 2. The number of fused-ring (bicyclic) bond motifs is 2. The van der Waals surface area contributed by atoms with Gasteiger partial charge in [0.2, 0.25) is 0 Å². The zero-order valence-corrected chi connectivity index (χ0v) is 16.4. The SMILES string of the molecule is COc1ccc2c(Nc3cc(-c4ccn5ncnc5c4)ccc3OC)ncnc2c1. The average molecular weight is 398 g/mol. The highest BCUT2D eigenvalue weighted by atomic mass is 16.5. The lowest BCUT2D eigenvalue weighted by atomic mass is 10.1. The van der Waals surface area contributed by atoms with Gasteiger partial charge in [0.05, 0.1) is 25.4 Å². The van der Waals surface area contributed by atoms with Crippen molar-refractivity contribution >= 4 is 28.1 Å². The molecule has 0 saturated carbocycles. The van der Waals surface area contributed by atoms with Crippen molar-refractivity contribution in [1.82, 2.24) is 24.6 Å². The summed E-state index contributed by atoms with van der Waals surface area (Å²) >= 11 is 0. The summed E-state index contributed by atoms with van der Waals surface area (Å²) in [5.41, 5.74) is 4.42. The van der Waals surface area contributed by atoms with E-state index >= 15 is 0 Å². The minimum absolute atomic E-state index is 0.686. The number of nitrogens with one attached hydrogen (secondary N) is 1. The second-order valence-electron chi connectivity index (χ2n) is 6.62. The number of nitrogens with zero attached hydrogens (tertiary/aromatic N) is 5. The largest absolute Gasteiger partial charge is 0.497 e. The molecule has 0 aliphatic heterocycles. The summed E-state index contributed by atoms with van der Waals surface area (Å²) < 4.78 is 12.6. The van der Waals surface area contributed by atoms with Gasteiger partial charge < -0.3 is 14.8 Å². The van der Waals surface area contributed by atoms with Crippen molar-refractivity contribution in [2.24, 2.45) is 0 Å². The number of hydrogen-bond acceptors (Lipinski definition) is 7. The summed E-state index contributed by atoms with van der Waals surface area (Å²) in [7, 11) is 3.28. The van der Waals surface area contributed by atoms with Crippen LogP contribution in [-0.2, 0) is 0 Å². The molecule has 0 aliphatic rings. The van der Waals surface area contributed by atoms with E-state index < -0.39 is 0 Å². The summed E-state index contributed by atoms with van der Waals surface area (Å²) in [6.07, 6.45) is 4.95. The Balaban J connectivity index is 1.57. The van der Waals surface area contributed by atoms with Gasteiger partial charge >= 0.3 is 0 Å². The van der Waals surface area contributed by atoms with Crippen LogP contribution >= 0.6 is 0 Å². The zero-order chi connectivity index (χ0) is 20.5. The normalized spacial score (nSPS) is 11.0. The lowest BCUT2D eigenvalue weighted by Crippen LogP contribution is -1.99. The number of benzene rings is 2. The number of pyridine rings is 1. The zero-order valence-electron chi connectivity index (χ0n) is 16.4. The van der Waals surface area contributed by atoms with Gasteiger partial charge in [-0.05, 0) is 47.5 Å². The van der Waals surface area contributed by atoms with Crippen LogP contribution in [-0.4, -0.2) is 38.8 Å². The van der Waals surface area contributed by atoms with Gasteiger partial charge in [-0.1, -0.05) is 6.07 Å². The molecular formula is C22H18N6O2. The van der Waals surface area contributed by atoms with Crippen LogP contribution in [0.5, 0.6) is 11.5 Å². The van der Waals surface area contributed by atoms with Crippen LogP contribution in [0.1, 0.15) is 0 Å². The summed E-state index contributed by atoms with van der Waals surface area (Å²) in [4.78, 5) is 13.0. The molecule has 0 amide bonds. The first-order chi connectivity index (χ1) is 14.7. The Morgan fingerprint density at radius 3 is 2.60 bits per heavy atom. The van der Waals surface area contributed by atoms with Gasteiger partial charge in [0.15, 0.2) is 5.65 Å². The highest BCUT2D eigenvalue weighted by Gasteiger charge is 2.11. The lowest BCUT2D eigenvalue weighted by Gasteiger charge is -2.14. The summed E-state index contributed by atoms with van der Waals surface area (Å²) in [6.45, 7) is 0. The van der Waals surface area contributed by atoms with Crippen LogP contribution in [0.3, 0.4) is 0 Å². The van der Waals surface area contributed by atoms with Crippen molar-refractivity contribution in [3.8, 4) is 22.6 Å².